The van der Waals surface area contributed by atoms with Crippen molar-refractivity contribution >= 4 is 11.9 Å². The molecule has 1 spiro atoms. The average Bonchev–Trinajstić information content (AvgIpc) is 3.21. The van der Waals surface area contributed by atoms with E-state index >= 15 is 0 Å². The van der Waals surface area contributed by atoms with Gasteiger partial charge in [-0.2, -0.15) is 0 Å². The van der Waals surface area contributed by atoms with E-state index in [1.165, 1.54) is 0 Å². The second-order valence-electron chi connectivity index (χ2n) is 11.8. The molecule has 0 aromatic rings. The maximum absolute atomic E-state index is 14.5. The summed E-state index contributed by atoms with van der Waals surface area (Å²) in [4.78, 5) is 27.0. The Labute approximate surface area is 195 Å². The molecule has 1 aliphatic heterocycles. The van der Waals surface area contributed by atoms with Crippen LogP contribution in [-0.2, 0) is 19.0 Å². The van der Waals surface area contributed by atoms with E-state index in [-0.39, 0.29) is 35.6 Å². The smallest absolute Gasteiger partial charge is 0.407 e. The van der Waals surface area contributed by atoms with Gasteiger partial charge in [-0.15, -0.1) is 0 Å². The maximum Gasteiger partial charge on any atom is 0.407 e. The van der Waals surface area contributed by atoms with Gasteiger partial charge < -0.3 is 24.6 Å². The summed E-state index contributed by atoms with van der Waals surface area (Å²) in [5, 5.41) is 15.4. The Bertz CT molecular complexity index is 966. The molecule has 7 nitrogen and oxygen atoms in total. The Morgan fingerprint density at radius 2 is 2.00 bits per heavy atom. The van der Waals surface area contributed by atoms with Crippen LogP contribution in [0.25, 0.3) is 0 Å². The van der Waals surface area contributed by atoms with Crippen molar-refractivity contribution in [2.24, 2.45) is 34.5 Å². The summed E-state index contributed by atoms with van der Waals surface area (Å²) in [5.41, 5.74) is -1.46. The predicted octanol–water partition coefficient (Wildman–Crippen LogP) is 3.37. The van der Waals surface area contributed by atoms with Crippen molar-refractivity contribution in [2.75, 3.05) is 13.2 Å². The summed E-state index contributed by atoms with van der Waals surface area (Å²) in [5.74, 6) is -0.795. The van der Waals surface area contributed by atoms with Crippen LogP contribution in [0.15, 0.2) is 23.3 Å². The standard InChI is InChI=1S/C26H37NO6/c1-8-27-22(29)32-20-13(2)11-25-14(3)9-17-18(23(17,4)5)16(19(25)28)10-15-12-31-24(6,7)33-21(15)26(20,25)30/h10-11,14,16-18,20-21,30H,8-9,12H2,1-7H3,(H,27,29)/t14?,16-,17+,18+,20-,21+,25?,26+/m0/s1. The molecule has 0 aromatic heterocycles. The summed E-state index contributed by atoms with van der Waals surface area (Å²) in [6, 6.07) is 0. The minimum atomic E-state index is -1.76. The van der Waals surface area contributed by atoms with Gasteiger partial charge >= 0.3 is 6.09 Å². The molecule has 1 heterocycles. The van der Waals surface area contributed by atoms with E-state index in [4.69, 9.17) is 14.2 Å². The molecule has 33 heavy (non-hydrogen) atoms. The van der Waals surface area contributed by atoms with E-state index < -0.39 is 35.1 Å². The third-order valence-electron chi connectivity index (χ3n) is 9.22. The molecule has 7 heteroatoms. The zero-order valence-corrected chi connectivity index (χ0v) is 20.7. The van der Waals surface area contributed by atoms with E-state index in [0.29, 0.717) is 18.0 Å². The normalized spacial score (nSPS) is 46.5. The highest BCUT2D eigenvalue weighted by atomic mass is 16.7. The summed E-state index contributed by atoms with van der Waals surface area (Å²) >= 11 is 0. The summed E-state index contributed by atoms with van der Waals surface area (Å²) in [7, 11) is 0. The van der Waals surface area contributed by atoms with Crippen LogP contribution in [0.3, 0.4) is 0 Å². The number of nitrogens with one attached hydrogen (secondary N) is 1. The van der Waals surface area contributed by atoms with Crippen LogP contribution in [0.2, 0.25) is 0 Å². The molecule has 2 N–H and O–H groups in total. The number of fused-ring (bicyclic) bond motifs is 5. The Balaban J connectivity index is 1.71. The molecule has 1 amide bonds. The monoisotopic (exact) mass is 459 g/mol. The molecule has 2 unspecified atom stereocenters. The van der Waals surface area contributed by atoms with Gasteiger partial charge in [0.15, 0.2) is 23.3 Å². The Morgan fingerprint density at radius 1 is 1.30 bits per heavy atom. The Morgan fingerprint density at radius 3 is 2.67 bits per heavy atom. The van der Waals surface area contributed by atoms with Crippen LogP contribution < -0.4 is 5.32 Å². The zero-order valence-electron chi connectivity index (χ0n) is 20.7. The SMILES string of the molecule is CCNC(=O)O[C@H]1C(C)=CC23C(=O)[C@@H](C=C4COC(C)(C)O[C@H]4[C@]12O)[C@@H]1[C@@H](CC3C)C1(C)C. The lowest BCUT2D eigenvalue weighted by Gasteiger charge is -2.52. The van der Waals surface area contributed by atoms with Crippen molar-refractivity contribution in [1.29, 1.82) is 0 Å². The predicted molar refractivity (Wildman–Crippen MR) is 121 cm³/mol. The highest BCUT2D eigenvalue weighted by Crippen LogP contribution is 2.72. The minimum Gasteiger partial charge on any atom is -0.438 e. The lowest BCUT2D eigenvalue weighted by Crippen LogP contribution is -2.68. The molecule has 0 aromatic carbocycles. The first kappa shape index (κ1) is 23.1. The van der Waals surface area contributed by atoms with Gasteiger partial charge in [0.2, 0.25) is 0 Å². The molecule has 8 atom stereocenters. The molecule has 2 bridgehead atoms. The fourth-order valence-electron chi connectivity index (χ4n) is 7.59. The van der Waals surface area contributed by atoms with Crippen LogP contribution in [-0.4, -0.2) is 53.7 Å². The number of carbonyl (C=O) groups is 2. The largest absolute Gasteiger partial charge is 0.438 e. The van der Waals surface area contributed by atoms with E-state index in [1.807, 2.05) is 32.9 Å². The lowest BCUT2D eigenvalue weighted by molar-refractivity contribution is -0.302. The fourth-order valence-corrected chi connectivity index (χ4v) is 7.59. The van der Waals surface area contributed by atoms with Crippen molar-refractivity contribution in [3.63, 3.8) is 0 Å². The maximum atomic E-state index is 14.5. The number of carbonyl (C=O) groups excluding carboxylic acids is 2. The first-order chi connectivity index (χ1) is 15.3. The third kappa shape index (κ3) is 2.85. The first-order valence-electron chi connectivity index (χ1n) is 12.2. The van der Waals surface area contributed by atoms with Gasteiger partial charge in [0.1, 0.15) is 6.10 Å². The second kappa shape index (κ2) is 6.92. The first-order valence-corrected chi connectivity index (χ1v) is 12.2. The number of rotatable bonds is 2. The summed E-state index contributed by atoms with van der Waals surface area (Å²) in [6.45, 7) is 14.5. The number of aliphatic hydroxyl groups is 1. The quantitative estimate of drug-likeness (QED) is 0.615. The van der Waals surface area contributed by atoms with Gasteiger partial charge in [0.05, 0.1) is 12.0 Å². The van der Waals surface area contributed by atoms with E-state index in [0.717, 1.165) is 12.0 Å². The van der Waals surface area contributed by atoms with Gasteiger partial charge in [-0.1, -0.05) is 32.9 Å². The lowest BCUT2D eigenvalue weighted by atomic mass is 9.59. The van der Waals surface area contributed by atoms with Crippen LogP contribution >= 0.6 is 0 Å². The van der Waals surface area contributed by atoms with Crippen molar-refractivity contribution < 1.29 is 28.9 Å². The van der Waals surface area contributed by atoms with E-state index in [9.17, 15) is 14.7 Å². The highest BCUT2D eigenvalue weighted by Gasteiger charge is 2.77. The van der Waals surface area contributed by atoms with Crippen molar-refractivity contribution in [1.82, 2.24) is 5.32 Å². The molecule has 4 aliphatic carbocycles. The van der Waals surface area contributed by atoms with Crippen molar-refractivity contribution in [2.45, 2.75) is 78.5 Å². The number of Topliss-reactive ketones (excluding diaryl/α,β-unsaturated/α-hetero) is 1. The van der Waals surface area contributed by atoms with Gasteiger partial charge in [-0.3, -0.25) is 4.79 Å². The van der Waals surface area contributed by atoms with Gasteiger partial charge in [-0.25, -0.2) is 4.79 Å². The Hall–Kier alpha value is -1.70. The number of amides is 1. The van der Waals surface area contributed by atoms with Crippen LogP contribution in [0.5, 0.6) is 0 Å². The van der Waals surface area contributed by atoms with E-state index in [2.05, 4.69) is 26.1 Å². The van der Waals surface area contributed by atoms with Gasteiger partial charge in [-0.05, 0) is 68.4 Å². The summed E-state index contributed by atoms with van der Waals surface area (Å²) in [6.07, 6.45) is 2.29. The highest BCUT2D eigenvalue weighted by molar-refractivity contribution is 5.95. The third-order valence-corrected chi connectivity index (χ3v) is 9.22. The van der Waals surface area contributed by atoms with Crippen molar-refractivity contribution in [3.05, 3.63) is 23.3 Å². The van der Waals surface area contributed by atoms with Crippen LogP contribution in [0.1, 0.15) is 54.9 Å². The number of ether oxygens (including phenoxy) is 3. The number of hydrogen-bond donors (Lipinski definition) is 2. The molecule has 0 radical (unpaired) electrons. The van der Waals surface area contributed by atoms with Gasteiger partial charge in [0, 0.05) is 12.5 Å². The topological polar surface area (TPSA) is 94.1 Å². The fraction of sp³-hybridized carbons (Fsp3) is 0.769. The van der Waals surface area contributed by atoms with Crippen LogP contribution in [0, 0.1) is 34.5 Å². The Kier molecular flexibility index (Phi) is 4.84. The summed E-state index contributed by atoms with van der Waals surface area (Å²) < 4.78 is 18.2. The number of ketones is 1. The molecular weight excluding hydrogens is 422 g/mol. The second-order valence-corrected chi connectivity index (χ2v) is 11.8. The van der Waals surface area contributed by atoms with Crippen LogP contribution in [0.4, 0.5) is 4.79 Å². The molecule has 2 saturated carbocycles. The molecule has 1 saturated heterocycles. The van der Waals surface area contributed by atoms with E-state index in [1.54, 1.807) is 6.92 Å². The zero-order chi connectivity index (χ0) is 24.1. The average molecular weight is 460 g/mol. The number of allylic oxidation sites excluding steroid dienone is 1. The van der Waals surface area contributed by atoms with Gasteiger partial charge in [0.25, 0.3) is 0 Å². The molecule has 5 rings (SSSR count). The molecular formula is C26H37NO6. The molecule has 5 aliphatic rings. The minimum absolute atomic E-state index is 0.0141. The number of alkyl carbamates (subject to hydrolysis) is 1. The van der Waals surface area contributed by atoms with Crippen molar-refractivity contribution in [3.8, 4) is 0 Å². The molecule has 3 fully saturated rings. The number of hydrogen-bond acceptors (Lipinski definition) is 6. The molecule has 182 valence electrons.